The third-order valence-corrected chi connectivity index (χ3v) is 5.36. The molecule has 2 heterocycles. The molecular formula is C22H31F2N5. The highest BCUT2D eigenvalue weighted by atomic mass is 19.1. The highest BCUT2D eigenvalue weighted by Crippen LogP contribution is 2.29. The summed E-state index contributed by atoms with van der Waals surface area (Å²) in [5, 5.41) is 6.56. The fourth-order valence-electron chi connectivity index (χ4n) is 3.60. The standard InChI is InChI=1S/C22H31F2N5/c1-2-17(24)14-26-22-27-15-19(20-13-16(7-6-11-23)10-12-25-20)21(29-22)28-18-8-4-3-5-9-18/h10,12-13,15,17-18H,2-9,11,14H2,1H3,(H2,26,27,28,29). The first-order valence-corrected chi connectivity index (χ1v) is 10.7. The summed E-state index contributed by atoms with van der Waals surface area (Å²) in [6.07, 6.45) is 10.1. The summed E-state index contributed by atoms with van der Waals surface area (Å²) in [5.41, 5.74) is 2.63. The van der Waals surface area contributed by atoms with Gasteiger partial charge in [0.2, 0.25) is 5.95 Å². The van der Waals surface area contributed by atoms with Gasteiger partial charge in [0.15, 0.2) is 0 Å². The number of anilines is 2. The summed E-state index contributed by atoms with van der Waals surface area (Å²) in [6, 6.07) is 4.25. The van der Waals surface area contributed by atoms with Gasteiger partial charge in [0.05, 0.1) is 17.9 Å². The minimum Gasteiger partial charge on any atom is -0.367 e. The molecule has 2 aromatic heterocycles. The molecular weight excluding hydrogens is 372 g/mol. The van der Waals surface area contributed by atoms with Crippen molar-refractivity contribution in [3.05, 3.63) is 30.1 Å². The number of hydrogen-bond donors (Lipinski definition) is 2. The van der Waals surface area contributed by atoms with Crippen molar-refractivity contribution in [2.45, 2.75) is 70.5 Å². The monoisotopic (exact) mass is 403 g/mol. The number of alkyl halides is 2. The average Bonchev–Trinajstić information content (AvgIpc) is 2.77. The summed E-state index contributed by atoms with van der Waals surface area (Å²) in [6.45, 7) is 1.67. The minimum absolute atomic E-state index is 0.190. The van der Waals surface area contributed by atoms with Crippen molar-refractivity contribution in [3.63, 3.8) is 0 Å². The van der Waals surface area contributed by atoms with Crippen LogP contribution in [-0.2, 0) is 6.42 Å². The minimum atomic E-state index is -0.929. The van der Waals surface area contributed by atoms with Crippen molar-refractivity contribution in [2.75, 3.05) is 23.9 Å². The Morgan fingerprint density at radius 2 is 2.03 bits per heavy atom. The number of hydrogen-bond acceptors (Lipinski definition) is 5. The number of halogens is 2. The van der Waals surface area contributed by atoms with Crippen molar-refractivity contribution in [3.8, 4) is 11.3 Å². The zero-order valence-corrected chi connectivity index (χ0v) is 17.1. The fourth-order valence-corrected chi connectivity index (χ4v) is 3.60. The van der Waals surface area contributed by atoms with Crippen LogP contribution in [0.25, 0.3) is 11.3 Å². The van der Waals surface area contributed by atoms with Crippen LogP contribution in [0.3, 0.4) is 0 Å². The fraction of sp³-hybridized carbons (Fsp3) is 0.591. The quantitative estimate of drug-likeness (QED) is 0.560. The number of rotatable bonds is 10. The molecule has 29 heavy (non-hydrogen) atoms. The van der Waals surface area contributed by atoms with Gasteiger partial charge in [-0.3, -0.25) is 9.37 Å². The zero-order chi connectivity index (χ0) is 20.5. The van der Waals surface area contributed by atoms with Gasteiger partial charge in [0, 0.05) is 25.0 Å². The van der Waals surface area contributed by atoms with Gasteiger partial charge in [-0.2, -0.15) is 4.98 Å². The maximum atomic E-state index is 13.6. The van der Waals surface area contributed by atoms with Gasteiger partial charge in [-0.25, -0.2) is 9.37 Å². The van der Waals surface area contributed by atoms with E-state index in [-0.39, 0.29) is 13.2 Å². The lowest BCUT2D eigenvalue weighted by Gasteiger charge is -2.24. The number of aryl methyl sites for hydroxylation is 1. The van der Waals surface area contributed by atoms with E-state index in [1.165, 1.54) is 19.3 Å². The molecule has 5 nitrogen and oxygen atoms in total. The van der Waals surface area contributed by atoms with Crippen LogP contribution < -0.4 is 10.6 Å². The Kier molecular flexibility index (Phi) is 8.14. The number of nitrogens with zero attached hydrogens (tertiary/aromatic N) is 3. The molecule has 1 saturated carbocycles. The van der Waals surface area contributed by atoms with Crippen LogP contribution in [0, 0.1) is 0 Å². The third kappa shape index (κ3) is 6.34. The Bertz CT molecular complexity index is 765. The molecule has 1 unspecified atom stereocenters. The maximum absolute atomic E-state index is 13.6. The molecule has 1 fully saturated rings. The molecule has 0 spiro atoms. The normalized spacial score (nSPS) is 15.8. The maximum Gasteiger partial charge on any atom is 0.224 e. The second kappa shape index (κ2) is 11.0. The Morgan fingerprint density at radius 1 is 1.21 bits per heavy atom. The molecule has 3 rings (SSSR count). The lowest BCUT2D eigenvalue weighted by Crippen LogP contribution is -2.24. The van der Waals surface area contributed by atoms with Crippen molar-refractivity contribution >= 4 is 11.8 Å². The van der Waals surface area contributed by atoms with Gasteiger partial charge in [-0.15, -0.1) is 0 Å². The second-order valence-electron chi connectivity index (χ2n) is 7.66. The summed E-state index contributed by atoms with van der Waals surface area (Å²) in [7, 11) is 0. The van der Waals surface area contributed by atoms with E-state index < -0.39 is 6.17 Å². The number of nitrogens with one attached hydrogen (secondary N) is 2. The zero-order valence-electron chi connectivity index (χ0n) is 17.1. The smallest absolute Gasteiger partial charge is 0.224 e. The third-order valence-electron chi connectivity index (χ3n) is 5.36. The van der Waals surface area contributed by atoms with E-state index >= 15 is 0 Å². The molecule has 0 amide bonds. The van der Waals surface area contributed by atoms with Gasteiger partial charge in [0.25, 0.3) is 0 Å². The molecule has 0 radical (unpaired) electrons. The molecule has 1 atom stereocenters. The first-order chi connectivity index (χ1) is 14.2. The Labute approximate surface area is 171 Å². The largest absolute Gasteiger partial charge is 0.367 e. The molecule has 0 bridgehead atoms. The molecule has 1 aliphatic carbocycles. The number of pyridine rings is 1. The lowest BCUT2D eigenvalue weighted by atomic mass is 9.95. The van der Waals surface area contributed by atoms with E-state index in [1.807, 2.05) is 19.1 Å². The van der Waals surface area contributed by atoms with E-state index in [9.17, 15) is 8.78 Å². The predicted molar refractivity (Wildman–Crippen MR) is 114 cm³/mol. The molecule has 2 N–H and O–H groups in total. The SMILES string of the molecule is CCC(F)CNc1ncc(-c2cc(CCCF)ccn2)c(NC2CCCCC2)n1. The van der Waals surface area contributed by atoms with Crippen LogP contribution >= 0.6 is 0 Å². The van der Waals surface area contributed by atoms with E-state index in [2.05, 4.69) is 25.6 Å². The molecule has 0 aromatic carbocycles. The van der Waals surface area contributed by atoms with Crippen LogP contribution in [-0.4, -0.2) is 40.4 Å². The molecule has 2 aromatic rings. The van der Waals surface area contributed by atoms with E-state index in [1.54, 1.807) is 12.4 Å². The first kappa shape index (κ1) is 21.4. The molecule has 0 saturated heterocycles. The molecule has 158 valence electrons. The van der Waals surface area contributed by atoms with Gasteiger partial charge in [-0.05, 0) is 49.8 Å². The van der Waals surface area contributed by atoms with E-state index in [4.69, 9.17) is 0 Å². The van der Waals surface area contributed by atoms with Crippen LogP contribution in [0.4, 0.5) is 20.5 Å². The molecule has 1 aliphatic rings. The van der Waals surface area contributed by atoms with Crippen LogP contribution in [0.15, 0.2) is 24.5 Å². The van der Waals surface area contributed by atoms with Gasteiger partial charge in [0.1, 0.15) is 12.0 Å². The predicted octanol–water partition coefficient (Wildman–Crippen LogP) is 5.35. The van der Waals surface area contributed by atoms with E-state index in [0.717, 1.165) is 35.5 Å². The van der Waals surface area contributed by atoms with Gasteiger partial charge < -0.3 is 10.6 Å². The Morgan fingerprint density at radius 3 is 2.79 bits per heavy atom. The van der Waals surface area contributed by atoms with Crippen LogP contribution in [0.1, 0.15) is 57.4 Å². The van der Waals surface area contributed by atoms with E-state index in [0.29, 0.717) is 31.3 Å². The first-order valence-electron chi connectivity index (χ1n) is 10.7. The van der Waals surface area contributed by atoms with Gasteiger partial charge in [-0.1, -0.05) is 26.2 Å². The average molecular weight is 404 g/mol. The highest BCUT2D eigenvalue weighted by Gasteiger charge is 2.18. The topological polar surface area (TPSA) is 62.7 Å². The summed E-state index contributed by atoms with van der Waals surface area (Å²) >= 11 is 0. The number of aromatic nitrogens is 3. The Hall–Kier alpha value is -2.31. The van der Waals surface area contributed by atoms with Crippen LogP contribution in [0.5, 0.6) is 0 Å². The van der Waals surface area contributed by atoms with Crippen molar-refractivity contribution in [2.24, 2.45) is 0 Å². The second-order valence-corrected chi connectivity index (χ2v) is 7.66. The summed E-state index contributed by atoms with van der Waals surface area (Å²) in [4.78, 5) is 13.5. The highest BCUT2D eigenvalue weighted by molar-refractivity contribution is 5.73. The van der Waals surface area contributed by atoms with Crippen LogP contribution in [0.2, 0.25) is 0 Å². The molecule has 7 heteroatoms. The van der Waals surface area contributed by atoms with Crippen molar-refractivity contribution < 1.29 is 8.78 Å². The Balaban J connectivity index is 1.85. The summed E-state index contributed by atoms with van der Waals surface area (Å²) in [5.74, 6) is 1.13. The lowest BCUT2D eigenvalue weighted by molar-refractivity contribution is 0.340. The summed E-state index contributed by atoms with van der Waals surface area (Å²) < 4.78 is 26.2. The van der Waals surface area contributed by atoms with Crippen molar-refractivity contribution in [1.29, 1.82) is 0 Å². The van der Waals surface area contributed by atoms with Crippen molar-refractivity contribution in [1.82, 2.24) is 15.0 Å². The molecule has 0 aliphatic heterocycles. The van der Waals surface area contributed by atoms with Gasteiger partial charge >= 0.3 is 0 Å².